The fourth-order valence-corrected chi connectivity index (χ4v) is 2.69. The maximum absolute atomic E-state index is 12.6. The van der Waals surface area contributed by atoms with Crippen LogP contribution in [-0.4, -0.2) is 20.0 Å². The first-order valence-electron chi connectivity index (χ1n) is 5.89. The SMILES string of the molecule is COc1cc(Cl)c(C(=O)c2c(Cl)cccc2Cl)cc1OC. The van der Waals surface area contributed by atoms with E-state index in [4.69, 9.17) is 44.3 Å². The molecule has 0 saturated carbocycles. The highest BCUT2D eigenvalue weighted by Gasteiger charge is 2.21. The van der Waals surface area contributed by atoms with Crippen LogP contribution < -0.4 is 9.47 Å². The van der Waals surface area contributed by atoms with Gasteiger partial charge in [-0.15, -0.1) is 0 Å². The number of carbonyl (C=O) groups excluding carboxylic acids is 1. The average molecular weight is 346 g/mol. The summed E-state index contributed by atoms with van der Waals surface area (Å²) in [5.74, 6) is 0.453. The molecule has 0 aliphatic rings. The number of ketones is 1. The van der Waals surface area contributed by atoms with E-state index in [-0.39, 0.29) is 32.0 Å². The maximum atomic E-state index is 12.6. The van der Waals surface area contributed by atoms with Crippen molar-refractivity contribution in [1.82, 2.24) is 0 Å². The minimum Gasteiger partial charge on any atom is -0.493 e. The second-order valence-electron chi connectivity index (χ2n) is 4.11. The summed E-state index contributed by atoms with van der Waals surface area (Å²) in [7, 11) is 2.96. The molecule has 0 unspecified atom stereocenters. The minimum absolute atomic E-state index is 0.204. The highest BCUT2D eigenvalue weighted by atomic mass is 35.5. The average Bonchev–Trinajstić information content (AvgIpc) is 2.46. The van der Waals surface area contributed by atoms with Crippen molar-refractivity contribution < 1.29 is 14.3 Å². The number of rotatable bonds is 4. The number of halogens is 3. The molecule has 0 N–H and O–H groups in total. The molecule has 0 saturated heterocycles. The van der Waals surface area contributed by atoms with Crippen LogP contribution in [0.1, 0.15) is 15.9 Å². The van der Waals surface area contributed by atoms with Gasteiger partial charge in [-0.2, -0.15) is 0 Å². The molecule has 0 fully saturated rings. The predicted molar refractivity (Wildman–Crippen MR) is 84.5 cm³/mol. The zero-order valence-electron chi connectivity index (χ0n) is 11.2. The Kier molecular flexibility index (Phi) is 4.99. The van der Waals surface area contributed by atoms with Gasteiger partial charge >= 0.3 is 0 Å². The third-order valence-corrected chi connectivity index (χ3v) is 3.85. The van der Waals surface area contributed by atoms with E-state index in [2.05, 4.69) is 0 Å². The summed E-state index contributed by atoms with van der Waals surface area (Å²) < 4.78 is 10.3. The largest absolute Gasteiger partial charge is 0.493 e. The fraction of sp³-hybridized carbons (Fsp3) is 0.133. The van der Waals surface area contributed by atoms with Crippen molar-refractivity contribution in [2.45, 2.75) is 0 Å². The van der Waals surface area contributed by atoms with Crippen LogP contribution in [0, 0.1) is 0 Å². The zero-order valence-corrected chi connectivity index (χ0v) is 13.5. The van der Waals surface area contributed by atoms with Crippen molar-refractivity contribution >= 4 is 40.6 Å². The molecular formula is C15H11Cl3O3. The van der Waals surface area contributed by atoms with E-state index in [1.54, 1.807) is 18.2 Å². The van der Waals surface area contributed by atoms with Gasteiger partial charge in [0.2, 0.25) is 0 Å². The fourth-order valence-electron chi connectivity index (χ4n) is 1.88. The molecule has 0 atom stereocenters. The first-order chi connectivity index (χ1) is 9.99. The molecule has 0 radical (unpaired) electrons. The van der Waals surface area contributed by atoms with Crippen LogP contribution in [0.25, 0.3) is 0 Å². The van der Waals surface area contributed by atoms with Gasteiger partial charge in [0, 0.05) is 11.6 Å². The van der Waals surface area contributed by atoms with E-state index >= 15 is 0 Å². The van der Waals surface area contributed by atoms with E-state index in [1.807, 2.05) is 0 Å². The first kappa shape index (κ1) is 16.0. The quantitative estimate of drug-likeness (QED) is 0.740. The maximum Gasteiger partial charge on any atom is 0.197 e. The van der Waals surface area contributed by atoms with Crippen molar-refractivity contribution in [1.29, 1.82) is 0 Å². The Morgan fingerprint density at radius 3 is 1.95 bits per heavy atom. The molecule has 6 heteroatoms. The van der Waals surface area contributed by atoms with Gasteiger partial charge < -0.3 is 9.47 Å². The van der Waals surface area contributed by atoms with Gasteiger partial charge in [0.1, 0.15) is 0 Å². The van der Waals surface area contributed by atoms with Gasteiger partial charge in [-0.25, -0.2) is 0 Å². The molecule has 0 bridgehead atoms. The van der Waals surface area contributed by atoms with E-state index in [9.17, 15) is 4.79 Å². The highest BCUT2D eigenvalue weighted by Crippen LogP contribution is 2.36. The van der Waals surface area contributed by atoms with Gasteiger partial charge in [-0.3, -0.25) is 4.79 Å². The Balaban J connectivity index is 2.59. The van der Waals surface area contributed by atoms with Crippen LogP contribution in [0.2, 0.25) is 15.1 Å². The molecule has 0 aromatic heterocycles. The molecule has 3 nitrogen and oxygen atoms in total. The van der Waals surface area contributed by atoms with Crippen molar-refractivity contribution in [2.75, 3.05) is 14.2 Å². The van der Waals surface area contributed by atoms with Gasteiger partial charge in [0.15, 0.2) is 17.3 Å². The molecule has 2 aromatic rings. The van der Waals surface area contributed by atoms with E-state index < -0.39 is 0 Å². The normalized spacial score (nSPS) is 10.3. The Hall–Kier alpha value is -1.42. The monoisotopic (exact) mass is 344 g/mol. The summed E-state index contributed by atoms with van der Waals surface area (Å²) in [6.45, 7) is 0. The third-order valence-electron chi connectivity index (χ3n) is 2.91. The zero-order chi connectivity index (χ0) is 15.6. The molecule has 2 aromatic carbocycles. The molecule has 0 amide bonds. The summed E-state index contributed by atoms with van der Waals surface area (Å²) in [5, 5.41) is 0.755. The van der Waals surface area contributed by atoms with E-state index in [1.165, 1.54) is 26.4 Å². The van der Waals surface area contributed by atoms with Gasteiger partial charge in [0.05, 0.1) is 34.9 Å². The topological polar surface area (TPSA) is 35.5 Å². The van der Waals surface area contributed by atoms with Crippen LogP contribution in [0.15, 0.2) is 30.3 Å². The first-order valence-corrected chi connectivity index (χ1v) is 7.03. The van der Waals surface area contributed by atoms with E-state index in [0.29, 0.717) is 11.5 Å². The van der Waals surface area contributed by atoms with Crippen LogP contribution >= 0.6 is 34.8 Å². The molecule has 0 heterocycles. The van der Waals surface area contributed by atoms with Crippen molar-refractivity contribution in [3.05, 3.63) is 56.5 Å². The Labute approximate surface area is 137 Å². The lowest BCUT2D eigenvalue weighted by molar-refractivity contribution is 0.103. The van der Waals surface area contributed by atoms with Crippen molar-refractivity contribution in [3.63, 3.8) is 0 Å². The number of methoxy groups -OCH3 is 2. The van der Waals surface area contributed by atoms with E-state index in [0.717, 1.165) is 0 Å². The molecule has 0 aliphatic heterocycles. The molecule has 110 valence electrons. The summed E-state index contributed by atoms with van der Waals surface area (Å²) >= 11 is 18.3. The smallest absolute Gasteiger partial charge is 0.197 e. The van der Waals surface area contributed by atoms with Gasteiger partial charge in [-0.05, 0) is 18.2 Å². The number of ether oxygens (including phenoxy) is 2. The Bertz CT molecular complexity index is 679. The molecule has 0 spiro atoms. The third kappa shape index (κ3) is 3.10. The standard InChI is InChI=1S/C15H11Cl3O3/c1-20-12-6-8(11(18)7-13(12)21-2)15(19)14-9(16)4-3-5-10(14)17/h3-7H,1-2H3. The molecular weight excluding hydrogens is 335 g/mol. The molecule has 21 heavy (non-hydrogen) atoms. The van der Waals surface area contributed by atoms with Crippen LogP contribution in [-0.2, 0) is 0 Å². The number of benzene rings is 2. The van der Waals surface area contributed by atoms with Crippen LogP contribution in [0.5, 0.6) is 11.5 Å². The number of carbonyl (C=O) groups is 1. The highest BCUT2D eigenvalue weighted by molar-refractivity contribution is 6.42. The van der Waals surface area contributed by atoms with Gasteiger partial charge in [-0.1, -0.05) is 40.9 Å². The number of hydrogen-bond donors (Lipinski definition) is 0. The van der Waals surface area contributed by atoms with Crippen LogP contribution in [0.3, 0.4) is 0 Å². The summed E-state index contributed by atoms with van der Waals surface area (Å²) in [4.78, 5) is 12.6. The lowest BCUT2D eigenvalue weighted by Gasteiger charge is -2.12. The van der Waals surface area contributed by atoms with Crippen molar-refractivity contribution in [2.24, 2.45) is 0 Å². The Morgan fingerprint density at radius 1 is 0.905 bits per heavy atom. The predicted octanol–water partition coefficient (Wildman–Crippen LogP) is 4.90. The minimum atomic E-state index is -0.378. The summed E-state index contributed by atoms with van der Waals surface area (Å²) in [5.41, 5.74) is 0.444. The summed E-state index contributed by atoms with van der Waals surface area (Å²) in [6.07, 6.45) is 0. The second kappa shape index (κ2) is 6.56. The lowest BCUT2D eigenvalue weighted by atomic mass is 10.0. The van der Waals surface area contributed by atoms with Gasteiger partial charge in [0.25, 0.3) is 0 Å². The lowest BCUT2D eigenvalue weighted by Crippen LogP contribution is -2.05. The van der Waals surface area contributed by atoms with Crippen LogP contribution in [0.4, 0.5) is 0 Å². The molecule has 0 aliphatic carbocycles. The number of hydrogen-bond acceptors (Lipinski definition) is 3. The second-order valence-corrected chi connectivity index (χ2v) is 5.33. The summed E-state index contributed by atoms with van der Waals surface area (Å²) in [6, 6.07) is 7.86. The Morgan fingerprint density at radius 2 is 1.43 bits per heavy atom. The van der Waals surface area contributed by atoms with Crippen molar-refractivity contribution in [3.8, 4) is 11.5 Å². The molecule has 2 rings (SSSR count).